The number of nitrogens with zero attached hydrogens (tertiary/aromatic N) is 2. The molecule has 1 aromatic heterocycles. The van der Waals surface area contributed by atoms with Gasteiger partial charge < -0.3 is 14.8 Å². The predicted octanol–water partition coefficient (Wildman–Crippen LogP) is 1.44. The van der Waals surface area contributed by atoms with Crippen molar-refractivity contribution in [2.24, 2.45) is 0 Å². The molecule has 26 heavy (non-hydrogen) atoms. The van der Waals surface area contributed by atoms with Crippen molar-refractivity contribution in [2.45, 2.75) is 12.6 Å². The molecule has 1 atom stereocenters. The fourth-order valence-corrected chi connectivity index (χ4v) is 3.49. The zero-order chi connectivity index (χ0) is 18.4. The van der Waals surface area contributed by atoms with Gasteiger partial charge in [0.25, 0.3) is 5.56 Å². The molecule has 0 aliphatic heterocycles. The van der Waals surface area contributed by atoms with Crippen LogP contribution in [0.5, 0.6) is 0 Å². The molecule has 0 radical (unpaired) electrons. The Bertz CT molecular complexity index is 1170. The van der Waals surface area contributed by atoms with E-state index < -0.39 is 18.3 Å². The fourth-order valence-electron chi connectivity index (χ4n) is 3.49. The van der Waals surface area contributed by atoms with Crippen LogP contribution >= 0.6 is 0 Å². The Morgan fingerprint density at radius 1 is 1.08 bits per heavy atom. The van der Waals surface area contributed by atoms with E-state index in [2.05, 4.69) is 0 Å². The molecule has 0 amide bonds. The number of fused-ring (bicyclic) bond motifs is 5. The molecule has 0 unspecified atom stereocenters. The van der Waals surface area contributed by atoms with Gasteiger partial charge in [-0.2, -0.15) is 5.26 Å². The van der Waals surface area contributed by atoms with Gasteiger partial charge in [0, 0.05) is 21.9 Å². The minimum absolute atomic E-state index is 0.147. The molecule has 128 valence electrons. The maximum Gasteiger partial charge on any atom is 0.259 e. The highest BCUT2D eigenvalue weighted by Gasteiger charge is 2.32. The van der Waals surface area contributed by atoms with Crippen LogP contribution in [0.2, 0.25) is 0 Å². The van der Waals surface area contributed by atoms with Crippen molar-refractivity contribution in [3.63, 3.8) is 0 Å². The topological polar surface area (TPSA) is 103 Å². The number of ketones is 1. The van der Waals surface area contributed by atoms with E-state index in [1.54, 1.807) is 36.4 Å². The molecule has 2 N–H and O–H groups in total. The summed E-state index contributed by atoms with van der Waals surface area (Å²) in [6, 6.07) is 13.6. The van der Waals surface area contributed by atoms with Crippen LogP contribution in [0, 0.1) is 11.3 Å². The van der Waals surface area contributed by atoms with Crippen LogP contribution < -0.4 is 5.56 Å². The molecular weight excluding hydrogens is 332 g/mol. The molecule has 0 spiro atoms. The van der Waals surface area contributed by atoms with E-state index in [9.17, 15) is 19.8 Å². The average molecular weight is 346 g/mol. The normalized spacial score (nSPS) is 13.3. The van der Waals surface area contributed by atoms with Crippen LogP contribution in [0.1, 0.15) is 21.5 Å². The summed E-state index contributed by atoms with van der Waals surface area (Å²) in [5, 5.41) is 29.0. The molecule has 1 aliphatic carbocycles. The van der Waals surface area contributed by atoms with E-state index in [0.29, 0.717) is 33.3 Å². The molecule has 2 aromatic carbocycles. The van der Waals surface area contributed by atoms with Gasteiger partial charge in [0.2, 0.25) is 0 Å². The van der Waals surface area contributed by atoms with Crippen LogP contribution in [-0.2, 0) is 6.54 Å². The number of hydrogen-bond donors (Lipinski definition) is 2. The van der Waals surface area contributed by atoms with E-state index in [1.165, 1.54) is 10.6 Å². The summed E-state index contributed by atoms with van der Waals surface area (Å²) >= 11 is 0. The predicted molar refractivity (Wildman–Crippen MR) is 94.9 cm³/mol. The van der Waals surface area contributed by atoms with E-state index in [-0.39, 0.29) is 17.7 Å². The number of hydrogen-bond acceptors (Lipinski definition) is 5. The van der Waals surface area contributed by atoms with Gasteiger partial charge in [-0.15, -0.1) is 0 Å². The zero-order valence-corrected chi connectivity index (χ0v) is 13.6. The maximum atomic E-state index is 13.1. The summed E-state index contributed by atoms with van der Waals surface area (Å²) in [4.78, 5) is 26.1. The lowest BCUT2D eigenvalue weighted by molar-refractivity contribution is 0.0808. The Morgan fingerprint density at radius 2 is 1.81 bits per heavy atom. The molecule has 1 aliphatic rings. The van der Waals surface area contributed by atoms with Crippen LogP contribution in [-0.4, -0.2) is 33.3 Å². The fraction of sp³-hybridized carbons (Fsp3) is 0.150. The number of nitriles is 1. The van der Waals surface area contributed by atoms with Crippen LogP contribution in [0.15, 0.2) is 47.3 Å². The van der Waals surface area contributed by atoms with E-state index >= 15 is 0 Å². The standard InChI is InChI=1S/C20H14N2O4/c21-8-11-5-6-13-16(7-11)20(26)22(9-12(24)10-23)18-14-3-1-2-4-15(14)19(25)17(13)18/h1-7,12,23-24H,9-10H2/t12-/m0/s1. The second-order valence-corrected chi connectivity index (χ2v) is 6.22. The van der Waals surface area contributed by atoms with Gasteiger partial charge in [-0.25, -0.2) is 0 Å². The summed E-state index contributed by atoms with van der Waals surface area (Å²) < 4.78 is 1.32. The highest BCUT2D eigenvalue weighted by molar-refractivity contribution is 6.26. The van der Waals surface area contributed by atoms with Crippen molar-refractivity contribution in [3.8, 4) is 17.3 Å². The highest BCUT2D eigenvalue weighted by Crippen LogP contribution is 2.39. The second kappa shape index (κ2) is 5.92. The number of pyridine rings is 1. The van der Waals surface area contributed by atoms with Crippen molar-refractivity contribution < 1.29 is 15.0 Å². The number of aliphatic hydroxyl groups excluding tert-OH is 2. The Labute approximate surface area is 148 Å². The summed E-state index contributed by atoms with van der Waals surface area (Å²) in [5.41, 5.74) is 1.85. The molecule has 0 fully saturated rings. The molecule has 6 heteroatoms. The molecule has 4 rings (SSSR count). The second-order valence-electron chi connectivity index (χ2n) is 6.22. The Hall–Kier alpha value is -3.27. The molecule has 6 nitrogen and oxygen atoms in total. The SMILES string of the molecule is N#Cc1ccc2c3c(n(C[C@H](O)CO)c(=O)c2c1)-c1ccccc1C3=O. The summed E-state index contributed by atoms with van der Waals surface area (Å²) in [6.07, 6.45) is -1.14. The molecule has 0 bridgehead atoms. The summed E-state index contributed by atoms with van der Waals surface area (Å²) in [5.74, 6) is -0.197. The van der Waals surface area contributed by atoms with Gasteiger partial charge in [-0.05, 0) is 12.1 Å². The third-order valence-electron chi connectivity index (χ3n) is 4.66. The van der Waals surface area contributed by atoms with Crippen LogP contribution in [0.25, 0.3) is 22.0 Å². The summed E-state index contributed by atoms with van der Waals surface area (Å²) in [7, 11) is 0. The van der Waals surface area contributed by atoms with E-state index in [1.807, 2.05) is 6.07 Å². The first-order valence-electron chi connectivity index (χ1n) is 8.10. The average Bonchev–Trinajstić information content (AvgIpc) is 2.97. The molecule has 1 heterocycles. The zero-order valence-electron chi connectivity index (χ0n) is 13.6. The van der Waals surface area contributed by atoms with Gasteiger partial charge in [0.1, 0.15) is 0 Å². The minimum atomic E-state index is -1.14. The number of rotatable bonds is 3. The lowest BCUT2D eigenvalue weighted by atomic mass is 10.0. The van der Waals surface area contributed by atoms with Crippen LogP contribution in [0.3, 0.4) is 0 Å². The largest absolute Gasteiger partial charge is 0.394 e. The Kier molecular flexibility index (Phi) is 3.69. The van der Waals surface area contributed by atoms with Crippen molar-refractivity contribution in [1.82, 2.24) is 4.57 Å². The summed E-state index contributed by atoms with van der Waals surface area (Å²) in [6.45, 7) is -0.654. The lowest BCUT2D eigenvalue weighted by Gasteiger charge is -2.17. The van der Waals surface area contributed by atoms with Crippen molar-refractivity contribution >= 4 is 16.6 Å². The van der Waals surface area contributed by atoms with Crippen molar-refractivity contribution in [3.05, 3.63) is 69.5 Å². The van der Waals surface area contributed by atoms with E-state index in [4.69, 9.17) is 5.26 Å². The third-order valence-corrected chi connectivity index (χ3v) is 4.66. The number of carbonyl (C=O) groups excluding carboxylic acids is 1. The van der Waals surface area contributed by atoms with Gasteiger partial charge >= 0.3 is 0 Å². The monoisotopic (exact) mass is 346 g/mol. The van der Waals surface area contributed by atoms with Gasteiger partial charge in [0.15, 0.2) is 5.78 Å². The van der Waals surface area contributed by atoms with Crippen molar-refractivity contribution in [2.75, 3.05) is 6.61 Å². The maximum absolute atomic E-state index is 13.1. The van der Waals surface area contributed by atoms with Crippen LogP contribution in [0.4, 0.5) is 0 Å². The number of aromatic nitrogens is 1. The minimum Gasteiger partial charge on any atom is -0.394 e. The lowest BCUT2D eigenvalue weighted by Crippen LogP contribution is -2.30. The number of carbonyl (C=O) groups is 1. The number of aliphatic hydroxyl groups is 2. The molecule has 3 aromatic rings. The van der Waals surface area contributed by atoms with Gasteiger partial charge in [-0.3, -0.25) is 9.59 Å². The quantitative estimate of drug-likeness (QED) is 0.584. The van der Waals surface area contributed by atoms with Gasteiger partial charge in [-0.1, -0.05) is 30.3 Å². The van der Waals surface area contributed by atoms with Gasteiger partial charge in [0.05, 0.1) is 42.1 Å². The van der Waals surface area contributed by atoms with Crippen molar-refractivity contribution in [1.29, 1.82) is 5.26 Å². The first-order valence-corrected chi connectivity index (χ1v) is 8.10. The third kappa shape index (κ3) is 2.19. The first kappa shape index (κ1) is 16.2. The number of benzene rings is 2. The smallest absolute Gasteiger partial charge is 0.259 e. The Balaban J connectivity index is 2.16. The molecular formula is C20H14N2O4. The van der Waals surface area contributed by atoms with E-state index in [0.717, 1.165) is 0 Å². The highest BCUT2D eigenvalue weighted by atomic mass is 16.3. The Morgan fingerprint density at radius 3 is 2.50 bits per heavy atom. The first-order chi connectivity index (χ1) is 12.6. The molecule has 0 saturated heterocycles. The molecule has 0 saturated carbocycles.